The van der Waals surface area contributed by atoms with E-state index in [2.05, 4.69) is 0 Å². The van der Waals surface area contributed by atoms with Gasteiger partial charge in [-0.05, 0) is 30.0 Å². The quantitative estimate of drug-likeness (QED) is 0.942. The van der Waals surface area contributed by atoms with E-state index in [0.717, 1.165) is 5.56 Å². The highest BCUT2D eigenvalue weighted by molar-refractivity contribution is 7.93. The number of hydrogen-bond donors (Lipinski definition) is 1. The lowest BCUT2D eigenvalue weighted by Crippen LogP contribution is -2.27. The minimum absolute atomic E-state index is 0.230. The molecule has 0 unspecified atom stereocenters. The summed E-state index contributed by atoms with van der Waals surface area (Å²) in [6, 6.07) is 9.00. The summed E-state index contributed by atoms with van der Waals surface area (Å²) in [4.78, 5) is 0.978. The van der Waals surface area contributed by atoms with Crippen molar-refractivity contribution in [3.05, 3.63) is 46.2 Å². The maximum Gasteiger partial charge on any atom is 0.265 e. The summed E-state index contributed by atoms with van der Waals surface area (Å²) < 4.78 is 26.5. The molecule has 2 rings (SSSR count). The highest BCUT2D eigenvalue weighted by atomic mass is 32.2. The summed E-state index contributed by atoms with van der Waals surface area (Å²) in [6.07, 6.45) is 0. The van der Waals surface area contributed by atoms with Crippen LogP contribution in [0.5, 0.6) is 0 Å². The molecule has 1 heterocycles. The fourth-order valence-electron chi connectivity index (χ4n) is 1.90. The molecule has 0 aliphatic rings. The minimum atomic E-state index is -3.55. The molecule has 0 fully saturated rings. The molecule has 0 saturated carbocycles. The van der Waals surface area contributed by atoms with Crippen molar-refractivity contribution in [1.82, 2.24) is 0 Å². The molecule has 1 aromatic heterocycles. The second-order valence-corrected chi connectivity index (χ2v) is 7.11. The van der Waals surface area contributed by atoms with E-state index in [-0.39, 0.29) is 6.54 Å². The van der Waals surface area contributed by atoms with Crippen LogP contribution in [0.3, 0.4) is 0 Å². The summed E-state index contributed by atoms with van der Waals surface area (Å²) in [5.41, 5.74) is 7.18. The van der Waals surface area contributed by atoms with Gasteiger partial charge < -0.3 is 5.73 Å². The Kier molecular flexibility index (Phi) is 3.93. The lowest BCUT2D eigenvalue weighted by Gasteiger charge is -2.21. The summed E-state index contributed by atoms with van der Waals surface area (Å²) >= 11 is 1.36. The van der Waals surface area contributed by atoms with Crippen LogP contribution in [0.1, 0.15) is 10.4 Å². The normalized spacial score (nSPS) is 11.5. The van der Waals surface area contributed by atoms with Crippen LogP contribution in [-0.4, -0.2) is 15.5 Å². The molecule has 0 radical (unpaired) electrons. The third-order valence-corrected chi connectivity index (χ3v) is 5.91. The van der Waals surface area contributed by atoms with Gasteiger partial charge >= 0.3 is 0 Å². The molecule has 19 heavy (non-hydrogen) atoms. The van der Waals surface area contributed by atoms with Crippen molar-refractivity contribution in [2.24, 2.45) is 5.73 Å². The van der Waals surface area contributed by atoms with Crippen molar-refractivity contribution >= 4 is 27.0 Å². The van der Waals surface area contributed by atoms with Crippen molar-refractivity contribution in [3.8, 4) is 0 Å². The van der Waals surface area contributed by atoms with Crippen LogP contribution >= 0.6 is 11.3 Å². The zero-order chi connectivity index (χ0) is 14.0. The van der Waals surface area contributed by atoms with Gasteiger partial charge in [-0.25, -0.2) is 8.42 Å². The number of rotatable bonds is 4. The Morgan fingerprint density at radius 1 is 1.26 bits per heavy atom. The Balaban J connectivity index is 2.49. The van der Waals surface area contributed by atoms with Gasteiger partial charge in [0.25, 0.3) is 10.0 Å². The molecular weight excluding hydrogens is 280 g/mol. The van der Waals surface area contributed by atoms with Gasteiger partial charge in [0.15, 0.2) is 0 Å². The van der Waals surface area contributed by atoms with Gasteiger partial charge in [0.05, 0.1) is 5.69 Å². The number of hydrogen-bond acceptors (Lipinski definition) is 4. The highest BCUT2D eigenvalue weighted by Crippen LogP contribution is 2.29. The number of aryl methyl sites for hydroxylation is 1. The van der Waals surface area contributed by atoms with Crippen LogP contribution in [0.4, 0.5) is 5.69 Å². The van der Waals surface area contributed by atoms with E-state index in [9.17, 15) is 8.42 Å². The average Bonchev–Trinajstić information content (AvgIpc) is 2.87. The first-order chi connectivity index (χ1) is 8.98. The second kappa shape index (κ2) is 5.32. The average molecular weight is 296 g/mol. The number of nitrogens with zero attached hydrogens (tertiary/aromatic N) is 1. The van der Waals surface area contributed by atoms with Gasteiger partial charge in [-0.2, -0.15) is 0 Å². The van der Waals surface area contributed by atoms with E-state index in [0.29, 0.717) is 15.5 Å². The molecule has 102 valence electrons. The topological polar surface area (TPSA) is 63.4 Å². The molecule has 0 bridgehead atoms. The lowest BCUT2D eigenvalue weighted by atomic mass is 10.2. The van der Waals surface area contributed by atoms with Crippen LogP contribution in [0, 0.1) is 6.92 Å². The third kappa shape index (κ3) is 2.51. The first-order valence-electron chi connectivity index (χ1n) is 5.79. The van der Waals surface area contributed by atoms with Gasteiger partial charge in [-0.1, -0.05) is 18.2 Å². The third-order valence-electron chi connectivity index (χ3n) is 2.98. The number of thiophene rings is 1. The molecular formula is C13H16N2O2S2. The van der Waals surface area contributed by atoms with Crippen LogP contribution in [-0.2, 0) is 16.6 Å². The number of anilines is 1. The maximum absolute atomic E-state index is 12.6. The van der Waals surface area contributed by atoms with Crippen LogP contribution < -0.4 is 10.0 Å². The van der Waals surface area contributed by atoms with Crippen molar-refractivity contribution in [2.75, 3.05) is 11.4 Å². The SMILES string of the molecule is Cc1ccccc1N(C)S(=O)(=O)c1ccsc1CN. The predicted molar refractivity (Wildman–Crippen MR) is 79.0 cm³/mol. The van der Waals surface area contributed by atoms with Gasteiger partial charge in [0, 0.05) is 18.5 Å². The van der Waals surface area contributed by atoms with Crippen LogP contribution in [0.15, 0.2) is 40.6 Å². The molecule has 0 aliphatic heterocycles. The van der Waals surface area contributed by atoms with Crippen molar-refractivity contribution in [1.29, 1.82) is 0 Å². The van der Waals surface area contributed by atoms with E-state index in [1.54, 1.807) is 24.6 Å². The van der Waals surface area contributed by atoms with Gasteiger partial charge in [-0.15, -0.1) is 11.3 Å². The van der Waals surface area contributed by atoms with E-state index in [1.165, 1.54) is 15.6 Å². The van der Waals surface area contributed by atoms with Crippen LogP contribution in [0.2, 0.25) is 0 Å². The van der Waals surface area contributed by atoms with E-state index in [1.807, 2.05) is 25.1 Å². The summed E-state index contributed by atoms with van der Waals surface area (Å²) in [7, 11) is -1.99. The molecule has 2 N–H and O–H groups in total. The summed E-state index contributed by atoms with van der Waals surface area (Å²) in [5.74, 6) is 0. The van der Waals surface area contributed by atoms with Gasteiger partial charge in [0.2, 0.25) is 0 Å². The number of para-hydroxylation sites is 1. The predicted octanol–water partition coefficient (Wildman–Crippen LogP) is 2.34. The fourth-order valence-corrected chi connectivity index (χ4v) is 4.47. The van der Waals surface area contributed by atoms with E-state index in [4.69, 9.17) is 5.73 Å². The highest BCUT2D eigenvalue weighted by Gasteiger charge is 2.25. The van der Waals surface area contributed by atoms with Crippen molar-refractivity contribution < 1.29 is 8.42 Å². The Bertz CT molecular complexity index is 677. The molecule has 0 aliphatic carbocycles. The molecule has 0 saturated heterocycles. The van der Waals surface area contributed by atoms with Crippen molar-refractivity contribution in [3.63, 3.8) is 0 Å². The molecule has 2 aromatic rings. The zero-order valence-corrected chi connectivity index (χ0v) is 12.5. The number of sulfonamides is 1. The lowest BCUT2D eigenvalue weighted by molar-refractivity contribution is 0.593. The second-order valence-electron chi connectivity index (χ2n) is 4.17. The van der Waals surface area contributed by atoms with E-state index < -0.39 is 10.0 Å². The Morgan fingerprint density at radius 3 is 2.58 bits per heavy atom. The Hall–Kier alpha value is -1.37. The minimum Gasteiger partial charge on any atom is -0.326 e. The first kappa shape index (κ1) is 14.0. The molecule has 0 amide bonds. The first-order valence-corrected chi connectivity index (χ1v) is 8.11. The fraction of sp³-hybridized carbons (Fsp3) is 0.231. The Morgan fingerprint density at radius 2 is 1.95 bits per heavy atom. The maximum atomic E-state index is 12.6. The largest absolute Gasteiger partial charge is 0.326 e. The molecule has 6 heteroatoms. The molecule has 0 spiro atoms. The van der Waals surface area contributed by atoms with Crippen molar-refractivity contribution in [2.45, 2.75) is 18.4 Å². The van der Waals surface area contributed by atoms with Gasteiger partial charge in [0.1, 0.15) is 4.90 Å². The summed E-state index contributed by atoms with van der Waals surface area (Å²) in [5, 5.41) is 1.75. The number of benzene rings is 1. The molecule has 4 nitrogen and oxygen atoms in total. The smallest absolute Gasteiger partial charge is 0.265 e. The zero-order valence-electron chi connectivity index (χ0n) is 10.8. The molecule has 1 aromatic carbocycles. The van der Waals surface area contributed by atoms with Crippen LogP contribution in [0.25, 0.3) is 0 Å². The van der Waals surface area contributed by atoms with E-state index >= 15 is 0 Å². The summed E-state index contributed by atoms with van der Waals surface area (Å²) in [6.45, 7) is 2.12. The Labute approximate surface area is 117 Å². The monoisotopic (exact) mass is 296 g/mol. The standard InChI is InChI=1S/C13H16N2O2S2/c1-10-5-3-4-6-11(10)15(2)19(16,17)13-7-8-18-12(13)9-14/h3-8H,9,14H2,1-2H3. The van der Waals surface area contributed by atoms with Gasteiger partial charge in [-0.3, -0.25) is 4.31 Å². The molecule has 0 atom stereocenters. The number of nitrogens with two attached hydrogens (primary N) is 1.